The highest BCUT2D eigenvalue weighted by Crippen LogP contribution is 2.35. The van der Waals surface area contributed by atoms with E-state index in [0.717, 1.165) is 0 Å². The molecule has 0 unspecified atom stereocenters. The first-order valence-electron chi connectivity index (χ1n) is 6.12. The largest absolute Gasteiger partial charge is 0.386 e. The van der Waals surface area contributed by atoms with Crippen LogP contribution in [0.5, 0.6) is 0 Å². The van der Waals surface area contributed by atoms with Gasteiger partial charge in [0.25, 0.3) is 0 Å². The second kappa shape index (κ2) is 3.57. The first-order valence-corrected chi connectivity index (χ1v) is 6.12. The third-order valence-electron chi connectivity index (χ3n) is 3.71. The van der Waals surface area contributed by atoms with Gasteiger partial charge in [-0.3, -0.25) is 0 Å². The summed E-state index contributed by atoms with van der Waals surface area (Å²) < 4.78 is 9.35. The van der Waals surface area contributed by atoms with Gasteiger partial charge in [0, 0.05) is 10.8 Å². The third kappa shape index (κ3) is 1.32. The molecule has 2 aliphatic rings. The van der Waals surface area contributed by atoms with Crippen LogP contribution in [-0.4, -0.2) is 31.7 Å². The summed E-state index contributed by atoms with van der Waals surface area (Å²) in [5, 5.41) is 0.563. The molecule has 0 N–H and O–H groups in total. The number of esters is 4. The molecule has 7 heteroatoms. The van der Waals surface area contributed by atoms with Gasteiger partial charge in [-0.2, -0.15) is 0 Å². The lowest BCUT2D eigenvalue weighted by Crippen LogP contribution is -2.30. The monoisotopic (exact) mass is 280 g/mol. The van der Waals surface area contributed by atoms with Crippen LogP contribution in [0, 0.1) is 0 Å². The molecule has 0 bridgehead atoms. The SMILES string of the molecule is Bc1cc2c3c(ccc4c3c1C(=O)OC4=O)C(=O)OC2=O. The van der Waals surface area contributed by atoms with Crippen molar-refractivity contribution in [3.05, 3.63) is 40.5 Å². The van der Waals surface area contributed by atoms with Crippen molar-refractivity contribution in [2.75, 3.05) is 0 Å². The Hall–Kier alpha value is -2.96. The molecular formula is C14H5BO6. The van der Waals surface area contributed by atoms with Gasteiger partial charge in [-0.15, -0.1) is 0 Å². The lowest BCUT2D eigenvalue weighted by Gasteiger charge is -2.23. The van der Waals surface area contributed by atoms with E-state index in [-0.39, 0.29) is 33.0 Å². The number of carbonyl (C=O) groups excluding carboxylic acids is 4. The molecule has 0 saturated heterocycles. The third-order valence-corrected chi connectivity index (χ3v) is 3.71. The van der Waals surface area contributed by atoms with E-state index in [1.807, 2.05) is 0 Å². The summed E-state index contributed by atoms with van der Waals surface area (Å²) in [5.41, 5.74) is 1.18. The van der Waals surface area contributed by atoms with Crippen molar-refractivity contribution in [2.24, 2.45) is 0 Å². The Kier molecular flexibility index (Phi) is 2.01. The first-order chi connectivity index (χ1) is 9.99. The van der Waals surface area contributed by atoms with Gasteiger partial charge in [-0.25, -0.2) is 19.2 Å². The highest BCUT2D eigenvalue weighted by atomic mass is 16.6. The fraction of sp³-hybridized carbons (Fsp3) is 0. The first kappa shape index (κ1) is 11.8. The Labute approximate surface area is 118 Å². The number of ether oxygens (including phenoxy) is 2. The molecule has 2 heterocycles. The maximum absolute atomic E-state index is 12.0. The number of benzene rings is 2. The second-order valence-corrected chi connectivity index (χ2v) is 4.88. The van der Waals surface area contributed by atoms with E-state index in [4.69, 9.17) is 0 Å². The van der Waals surface area contributed by atoms with Gasteiger partial charge < -0.3 is 9.47 Å². The predicted octanol–water partition coefficient (Wildman–Crippen LogP) is -0.281. The Morgan fingerprint density at radius 2 is 1.24 bits per heavy atom. The zero-order valence-electron chi connectivity index (χ0n) is 10.7. The van der Waals surface area contributed by atoms with Crippen molar-refractivity contribution in [3.63, 3.8) is 0 Å². The fourth-order valence-corrected chi connectivity index (χ4v) is 2.85. The van der Waals surface area contributed by atoms with E-state index < -0.39 is 23.9 Å². The van der Waals surface area contributed by atoms with Crippen LogP contribution in [0.4, 0.5) is 0 Å². The van der Waals surface area contributed by atoms with Crippen LogP contribution in [0.1, 0.15) is 41.4 Å². The minimum atomic E-state index is -0.791. The smallest absolute Gasteiger partial charge is 0.346 e. The van der Waals surface area contributed by atoms with E-state index >= 15 is 0 Å². The van der Waals surface area contributed by atoms with E-state index in [9.17, 15) is 19.2 Å². The Bertz CT molecular complexity index is 927. The molecule has 6 nitrogen and oxygen atoms in total. The van der Waals surface area contributed by atoms with Crippen LogP contribution in [-0.2, 0) is 9.47 Å². The molecule has 0 aliphatic carbocycles. The van der Waals surface area contributed by atoms with Crippen LogP contribution in [0.25, 0.3) is 10.8 Å². The maximum Gasteiger partial charge on any atom is 0.346 e. The molecular weight excluding hydrogens is 275 g/mol. The van der Waals surface area contributed by atoms with Crippen molar-refractivity contribution >= 4 is 48.0 Å². The van der Waals surface area contributed by atoms with Crippen LogP contribution in [0.15, 0.2) is 18.2 Å². The van der Waals surface area contributed by atoms with Gasteiger partial charge in [0.15, 0.2) is 0 Å². The minimum Gasteiger partial charge on any atom is -0.386 e. The van der Waals surface area contributed by atoms with Crippen molar-refractivity contribution in [1.82, 2.24) is 0 Å². The molecule has 0 amide bonds. The van der Waals surface area contributed by atoms with Crippen LogP contribution >= 0.6 is 0 Å². The molecule has 0 atom stereocenters. The Balaban J connectivity index is 2.33. The number of carbonyl (C=O) groups is 4. The molecule has 2 aromatic carbocycles. The van der Waals surface area contributed by atoms with Crippen molar-refractivity contribution in [3.8, 4) is 0 Å². The highest BCUT2D eigenvalue weighted by molar-refractivity contribution is 6.42. The van der Waals surface area contributed by atoms with Gasteiger partial charge in [-0.1, -0.05) is 11.5 Å². The van der Waals surface area contributed by atoms with Crippen molar-refractivity contribution in [1.29, 1.82) is 0 Å². The minimum absolute atomic E-state index is 0.159. The number of cyclic esters (lactones) is 4. The number of hydrogen-bond acceptors (Lipinski definition) is 6. The van der Waals surface area contributed by atoms with E-state index in [1.54, 1.807) is 7.85 Å². The molecule has 2 aromatic rings. The summed E-state index contributed by atoms with van der Waals surface area (Å²) in [6.07, 6.45) is 0. The molecule has 4 rings (SSSR count). The van der Waals surface area contributed by atoms with Crippen LogP contribution in [0.2, 0.25) is 0 Å². The molecule has 100 valence electrons. The summed E-state index contributed by atoms with van der Waals surface area (Å²) in [6, 6.07) is 4.26. The fourth-order valence-electron chi connectivity index (χ4n) is 2.85. The zero-order chi connectivity index (χ0) is 14.9. The standard InChI is InChI=1S/C14H5BO6/c15-7-3-6-8-4(11(16)20-13(6)18)1-2-5-9(8)10(7)14(19)21-12(5)17/h1-3H,15H2. The van der Waals surface area contributed by atoms with Gasteiger partial charge in [0.1, 0.15) is 7.85 Å². The van der Waals surface area contributed by atoms with Gasteiger partial charge >= 0.3 is 23.9 Å². The quantitative estimate of drug-likeness (QED) is 0.375. The topological polar surface area (TPSA) is 86.7 Å². The molecule has 0 fully saturated rings. The molecule has 0 aromatic heterocycles. The highest BCUT2D eigenvalue weighted by Gasteiger charge is 2.36. The summed E-state index contributed by atoms with van der Waals surface area (Å²) in [4.78, 5) is 47.5. The van der Waals surface area contributed by atoms with E-state index in [2.05, 4.69) is 9.47 Å². The summed E-state index contributed by atoms with van der Waals surface area (Å²) in [6.45, 7) is 0. The molecule has 2 aliphatic heterocycles. The van der Waals surface area contributed by atoms with E-state index in [0.29, 0.717) is 5.46 Å². The average Bonchev–Trinajstić information content (AvgIpc) is 2.42. The molecule has 0 saturated carbocycles. The molecule has 0 spiro atoms. The zero-order valence-corrected chi connectivity index (χ0v) is 10.7. The number of hydrogen-bond donors (Lipinski definition) is 0. The van der Waals surface area contributed by atoms with Gasteiger partial charge in [0.2, 0.25) is 0 Å². The average molecular weight is 280 g/mol. The molecule has 21 heavy (non-hydrogen) atoms. The Morgan fingerprint density at radius 3 is 1.90 bits per heavy atom. The summed E-state index contributed by atoms with van der Waals surface area (Å²) >= 11 is 0. The Morgan fingerprint density at radius 1 is 0.714 bits per heavy atom. The lowest BCUT2D eigenvalue weighted by atomic mass is 9.80. The summed E-state index contributed by atoms with van der Waals surface area (Å²) in [7, 11) is 1.63. The molecule has 0 radical (unpaired) electrons. The van der Waals surface area contributed by atoms with Gasteiger partial charge in [-0.05, 0) is 12.1 Å². The maximum atomic E-state index is 12.0. The van der Waals surface area contributed by atoms with Crippen LogP contribution < -0.4 is 5.46 Å². The van der Waals surface area contributed by atoms with Crippen LogP contribution in [0.3, 0.4) is 0 Å². The van der Waals surface area contributed by atoms with E-state index in [1.165, 1.54) is 18.2 Å². The second-order valence-electron chi connectivity index (χ2n) is 4.88. The number of rotatable bonds is 0. The van der Waals surface area contributed by atoms with Crippen molar-refractivity contribution in [2.45, 2.75) is 0 Å². The summed E-state index contributed by atoms with van der Waals surface area (Å²) in [5.74, 6) is -3.15. The predicted molar refractivity (Wildman–Crippen MR) is 71.6 cm³/mol. The van der Waals surface area contributed by atoms with Gasteiger partial charge in [0.05, 0.1) is 22.3 Å². The normalized spacial score (nSPS) is 16.0. The lowest BCUT2D eigenvalue weighted by molar-refractivity contribution is 0.0366. The van der Waals surface area contributed by atoms with Crippen molar-refractivity contribution < 1.29 is 28.7 Å².